The molecule has 0 saturated heterocycles. The van der Waals surface area contributed by atoms with Crippen molar-refractivity contribution in [3.05, 3.63) is 126 Å². The standard InChI is InChI=1S/C36H38N6O4S/c1-36(2,3)42-24-38-21-31(42)15-16-46-35(43)33-19-27-13-14-29(20-37)39-34(27)41(33)22-28-18-30(17-26-11-7-8-12-32(26)28)40-47(44,45)23-25-9-5-4-6-10-25/h4-14,17-19,21,24,40H,15-16,20,22-23,37H2,1-3H3. The number of esters is 1. The van der Waals surface area contributed by atoms with Crippen molar-refractivity contribution in [2.24, 2.45) is 5.73 Å². The third-order valence-corrected chi connectivity index (χ3v) is 9.26. The smallest absolute Gasteiger partial charge is 0.355 e. The Hall–Kier alpha value is -5.00. The molecule has 242 valence electrons. The molecule has 0 bridgehead atoms. The number of hydrogen-bond donors (Lipinski definition) is 2. The Balaban J connectivity index is 1.33. The van der Waals surface area contributed by atoms with Crippen LogP contribution in [0, 0.1) is 0 Å². The summed E-state index contributed by atoms with van der Waals surface area (Å²) in [5, 5.41) is 2.54. The van der Waals surface area contributed by atoms with Crippen molar-refractivity contribution < 1.29 is 17.9 Å². The normalized spacial score (nSPS) is 12.1. The van der Waals surface area contributed by atoms with Crippen LogP contribution in [0.2, 0.25) is 0 Å². The molecule has 6 rings (SSSR count). The van der Waals surface area contributed by atoms with Gasteiger partial charge >= 0.3 is 5.97 Å². The maximum absolute atomic E-state index is 13.7. The predicted octanol–water partition coefficient (Wildman–Crippen LogP) is 5.99. The summed E-state index contributed by atoms with van der Waals surface area (Å²) >= 11 is 0. The number of sulfonamides is 1. The first-order valence-corrected chi connectivity index (χ1v) is 17.1. The van der Waals surface area contributed by atoms with Gasteiger partial charge in [-0.1, -0.05) is 54.6 Å². The van der Waals surface area contributed by atoms with Crippen molar-refractivity contribution >= 4 is 43.5 Å². The Bertz CT molecular complexity index is 2160. The molecule has 0 aliphatic rings. The maximum atomic E-state index is 13.7. The predicted molar refractivity (Wildman–Crippen MR) is 185 cm³/mol. The van der Waals surface area contributed by atoms with Crippen molar-refractivity contribution in [3.63, 3.8) is 0 Å². The van der Waals surface area contributed by atoms with Crippen LogP contribution in [0.5, 0.6) is 0 Å². The molecule has 0 aliphatic heterocycles. The van der Waals surface area contributed by atoms with E-state index in [1.54, 1.807) is 30.7 Å². The fraction of sp³-hybridized carbons (Fsp3) is 0.250. The number of carbonyl (C=O) groups excluding carboxylic acids is 1. The molecule has 0 radical (unpaired) electrons. The molecule has 0 unspecified atom stereocenters. The number of pyridine rings is 1. The molecule has 3 N–H and O–H groups in total. The lowest BCUT2D eigenvalue weighted by atomic mass is 10.0. The second-order valence-electron chi connectivity index (χ2n) is 12.6. The molecular formula is C36H38N6O4S. The van der Waals surface area contributed by atoms with Crippen LogP contribution in [-0.4, -0.2) is 40.1 Å². The summed E-state index contributed by atoms with van der Waals surface area (Å²) in [5.74, 6) is -0.639. The van der Waals surface area contributed by atoms with Gasteiger partial charge in [-0.15, -0.1) is 0 Å². The number of rotatable bonds is 11. The Kier molecular flexibility index (Phi) is 8.85. The summed E-state index contributed by atoms with van der Waals surface area (Å²) in [4.78, 5) is 22.7. The SMILES string of the molecule is CC(C)(C)n1cncc1CCOC(=O)c1cc2ccc(CN)nc2n1Cc1cc(NS(=O)(=O)Cc2ccccc2)cc2ccccc12. The molecule has 3 heterocycles. The van der Waals surface area contributed by atoms with E-state index in [4.69, 9.17) is 15.5 Å². The molecule has 3 aromatic carbocycles. The minimum absolute atomic E-state index is 0.151. The maximum Gasteiger partial charge on any atom is 0.355 e. The second kappa shape index (κ2) is 13.0. The van der Waals surface area contributed by atoms with Crippen molar-refractivity contribution in [2.75, 3.05) is 11.3 Å². The lowest BCUT2D eigenvalue weighted by Gasteiger charge is -2.23. The molecule has 0 fully saturated rings. The molecule has 10 nitrogen and oxygen atoms in total. The van der Waals surface area contributed by atoms with Gasteiger partial charge in [0.1, 0.15) is 11.3 Å². The number of nitrogens with one attached hydrogen (secondary N) is 1. The minimum Gasteiger partial charge on any atom is -0.461 e. The van der Waals surface area contributed by atoms with E-state index < -0.39 is 16.0 Å². The first-order valence-electron chi connectivity index (χ1n) is 15.4. The lowest BCUT2D eigenvalue weighted by Crippen LogP contribution is -2.24. The zero-order chi connectivity index (χ0) is 33.2. The topological polar surface area (TPSA) is 134 Å². The zero-order valence-electron chi connectivity index (χ0n) is 26.7. The van der Waals surface area contributed by atoms with E-state index in [-0.39, 0.29) is 31.0 Å². The van der Waals surface area contributed by atoms with Gasteiger partial charge in [-0.05, 0) is 73.0 Å². The van der Waals surface area contributed by atoms with Crippen LogP contribution in [0.4, 0.5) is 5.69 Å². The quantitative estimate of drug-likeness (QED) is 0.165. The van der Waals surface area contributed by atoms with Gasteiger partial charge < -0.3 is 19.6 Å². The number of nitrogens with zero attached hydrogens (tertiary/aromatic N) is 4. The number of carbonyl (C=O) groups is 1. The molecule has 0 spiro atoms. The van der Waals surface area contributed by atoms with Crippen LogP contribution in [0.15, 0.2) is 97.5 Å². The first-order chi connectivity index (χ1) is 22.5. The number of anilines is 1. The van der Waals surface area contributed by atoms with E-state index in [2.05, 4.69) is 35.0 Å². The summed E-state index contributed by atoms with van der Waals surface area (Å²) in [6.45, 7) is 6.93. The Morgan fingerprint density at radius 3 is 2.49 bits per heavy atom. The monoisotopic (exact) mass is 650 g/mol. The van der Waals surface area contributed by atoms with Crippen molar-refractivity contribution in [1.82, 2.24) is 19.1 Å². The van der Waals surface area contributed by atoms with Crippen molar-refractivity contribution in [1.29, 1.82) is 0 Å². The minimum atomic E-state index is -3.71. The third kappa shape index (κ3) is 7.21. The van der Waals surface area contributed by atoms with Gasteiger partial charge in [-0.2, -0.15) is 0 Å². The summed E-state index contributed by atoms with van der Waals surface area (Å²) in [5.41, 5.74) is 10.3. The van der Waals surface area contributed by atoms with Gasteiger partial charge in [0.2, 0.25) is 10.0 Å². The molecule has 0 atom stereocenters. The Morgan fingerprint density at radius 1 is 0.957 bits per heavy atom. The summed E-state index contributed by atoms with van der Waals surface area (Å²) < 4.78 is 38.8. The number of fused-ring (bicyclic) bond motifs is 2. The summed E-state index contributed by atoms with van der Waals surface area (Å²) in [6, 6.07) is 25.9. The fourth-order valence-electron chi connectivity index (χ4n) is 5.80. The van der Waals surface area contributed by atoms with Gasteiger partial charge in [0.05, 0.1) is 30.9 Å². The van der Waals surface area contributed by atoms with E-state index in [0.717, 1.165) is 27.4 Å². The van der Waals surface area contributed by atoms with Crippen LogP contribution in [0.3, 0.4) is 0 Å². The van der Waals surface area contributed by atoms with Crippen LogP contribution in [-0.2, 0) is 45.6 Å². The second-order valence-corrected chi connectivity index (χ2v) is 14.3. The zero-order valence-corrected chi connectivity index (χ0v) is 27.5. The molecular weight excluding hydrogens is 613 g/mol. The van der Waals surface area contributed by atoms with Crippen LogP contribution in [0.25, 0.3) is 21.8 Å². The molecule has 0 saturated carbocycles. The van der Waals surface area contributed by atoms with E-state index in [9.17, 15) is 13.2 Å². The number of benzene rings is 3. The summed E-state index contributed by atoms with van der Waals surface area (Å²) in [6.07, 6.45) is 4.09. The molecule has 0 aliphatic carbocycles. The number of aromatic nitrogens is 4. The van der Waals surface area contributed by atoms with Gasteiger partial charge in [0.25, 0.3) is 0 Å². The largest absolute Gasteiger partial charge is 0.461 e. The van der Waals surface area contributed by atoms with Gasteiger partial charge in [-0.3, -0.25) is 4.72 Å². The van der Waals surface area contributed by atoms with E-state index in [1.165, 1.54) is 0 Å². The van der Waals surface area contributed by atoms with Gasteiger partial charge in [0.15, 0.2) is 0 Å². The average molecular weight is 651 g/mol. The van der Waals surface area contributed by atoms with Crippen molar-refractivity contribution in [2.45, 2.75) is 51.6 Å². The van der Waals surface area contributed by atoms with Crippen LogP contribution >= 0.6 is 0 Å². The van der Waals surface area contributed by atoms with E-state index >= 15 is 0 Å². The average Bonchev–Trinajstić information content (AvgIpc) is 3.66. The molecule has 11 heteroatoms. The molecule has 47 heavy (non-hydrogen) atoms. The van der Waals surface area contributed by atoms with Crippen LogP contribution in [0.1, 0.15) is 53.8 Å². The highest BCUT2D eigenvalue weighted by atomic mass is 32.2. The number of nitrogens with two attached hydrogens (primary N) is 1. The lowest BCUT2D eigenvalue weighted by molar-refractivity contribution is 0.0495. The van der Waals surface area contributed by atoms with Crippen LogP contribution < -0.4 is 10.5 Å². The Morgan fingerprint density at radius 2 is 1.72 bits per heavy atom. The van der Waals surface area contributed by atoms with E-state index in [0.29, 0.717) is 34.7 Å². The number of ether oxygens (including phenoxy) is 1. The van der Waals surface area contributed by atoms with Gasteiger partial charge in [0, 0.05) is 41.5 Å². The van der Waals surface area contributed by atoms with Crippen molar-refractivity contribution in [3.8, 4) is 0 Å². The highest BCUT2D eigenvalue weighted by Gasteiger charge is 2.22. The Labute approximate surface area is 274 Å². The number of hydrogen-bond acceptors (Lipinski definition) is 7. The fourth-order valence-corrected chi connectivity index (χ4v) is 6.98. The summed E-state index contributed by atoms with van der Waals surface area (Å²) in [7, 11) is -3.71. The molecule has 3 aromatic heterocycles. The number of imidazole rings is 1. The van der Waals surface area contributed by atoms with Gasteiger partial charge in [-0.25, -0.2) is 23.2 Å². The molecule has 0 amide bonds. The highest BCUT2D eigenvalue weighted by Crippen LogP contribution is 2.29. The third-order valence-electron chi connectivity index (χ3n) is 8.00. The molecule has 6 aromatic rings. The highest BCUT2D eigenvalue weighted by molar-refractivity contribution is 7.91. The van der Waals surface area contributed by atoms with E-state index in [1.807, 2.05) is 71.3 Å². The first kappa shape index (κ1) is 32.0.